The lowest BCUT2D eigenvalue weighted by molar-refractivity contribution is -0.156. The summed E-state index contributed by atoms with van der Waals surface area (Å²) in [7, 11) is -3.35. The van der Waals surface area contributed by atoms with Gasteiger partial charge in [-0.15, -0.1) is 0 Å². The van der Waals surface area contributed by atoms with E-state index in [1.54, 1.807) is 5.20 Å². The molecule has 0 bridgehead atoms. The average Bonchev–Trinajstić information content (AvgIpc) is 2.78. The Morgan fingerprint density at radius 1 is 0.632 bits per heavy atom. The molecule has 0 aliphatic carbocycles. The Labute approximate surface area is 241 Å². The van der Waals surface area contributed by atoms with Crippen LogP contribution in [0.2, 0.25) is 44.3 Å². The lowest BCUT2D eigenvalue weighted by atomic mass is 9.91. The number of esters is 1. The van der Waals surface area contributed by atoms with E-state index >= 15 is 0 Å². The molecule has 1 atom stereocenters. The standard InChI is InChI=1S/C34H68O2Si2/c1-29(2)25-21-17-13-11-15-19-23-27-31(37(5,6)7)32-34(33(35)36-32,38(8,9)10)28-24-20-16-12-14-18-22-26-30(3)4/h29-30H,11-28H2,1-10H3/b32-31+. The smallest absolute Gasteiger partial charge is 0.321 e. The first-order chi connectivity index (χ1) is 17.7. The number of hydrogen-bond acceptors (Lipinski definition) is 2. The second kappa shape index (κ2) is 17.5. The van der Waals surface area contributed by atoms with Crippen LogP contribution in [0.5, 0.6) is 0 Å². The van der Waals surface area contributed by atoms with E-state index in [0.29, 0.717) is 0 Å². The molecule has 1 rings (SSSR count). The second-order valence-electron chi connectivity index (χ2n) is 15.4. The summed E-state index contributed by atoms with van der Waals surface area (Å²) in [4.78, 5) is 13.3. The van der Waals surface area contributed by atoms with Crippen molar-refractivity contribution >= 4 is 22.1 Å². The first-order valence-corrected chi connectivity index (χ1v) is 23.7. The third-order valence-electron chi connectivity index (χ3n) is 8.93. The Bertz CT molecular complexity index is 696. The number of carbonyl (C=O) groups excluding carboxylic acids is 1. The number of carbonyl (C=O) groups is 1. The molecule has 2 nitrogen and oxygen atoms in total. The van der Waals surface area contributed by atoms with Crippen molar-refractivity contribution in [2.45, 2.75) is 188 Å². The van der Waals surface area contributed by atoms with Gasteiger partial charge in [0, 0.05) is 0 Å². The van der Waals surface area contributed by atoms with E-state index in [4.69, 9.17) is 4.74 Å². The van der Waals surface area contributed by atoms with Crippen LogP contribution >= 0.6 is 0 Å². The van der Waals surface area contributed by atoms with Crippen LogP contribution in [0.3, 0.4) is 0 Å². The predicted molar refractivity (Wildman–Crippen MR) is 175 cm³/mol. The summed E-state index contributed by atoms with van der Waals surface area (Å²) >= 11 is 0. The number of ether oxygens (including phenoxy) is 1. The van der Waals surface area contributed by atoms with Crippen molar-refractivity contribution in [1.29, 1.82) is 0 Å². The van der Waals surface area contributed by atoms with Crippen molar-refractivity contribution in [3.05, 3.63) is 11.0 Å². The van der Waals surface area contributed by atoms with Crippen LogP contribution in [-0.4, -0.2) is 22.1 Å². The summed E-state index contributed by atoms with van der Waals surface area (Å²) in [5, 5.41) is 1.30. The molecule has 224 valence electrons. The van der Waals surface area contributed by atoms with E-state index in [9.17, 15) is 4.79 Å². The summed E-state index contributed by atoms with van der Waals surface area (Å²) in [6.07, 6.45) is 23.6. The highest BCUT2D eigenvalue weighted by molar-refractivity contribution is 6.86. The van der Waals surface area contributed by atoms with Crippen molar-refractivity contribution < 1.29 is 9.53 Å². The maximum absolute atomic E-state index is 13.3. The zero-order valence-electron chi connectivity index (χ0n) is 27.7. The monoisotopic (exact) mass is 564 g/mol. The minimum Gasteiger partial charge on any atom is -0.430 e. The lowest BCUT2D eigenvalue weighted by Crippen LogP contribution is -2.56. The van der Waals surface area contributed by atoms with Gasteiger partial charge in [0.15, 0.2) is 0 Å². The molecule has 1 saturated heterocycles. The first kappa shape index (κ1) is 35.7. The Morgan fingerprint density at radius 3 is 1.39 bits per heavy atom. The second-order valence-corrected chi connectivity index (χ2v) is 25.9. The number of rotatable bonds is 22. The number of allylic oxidation sites excluding steroid dienone is 1. The number of unbranched alkanes of at least 4 members (excludes halogenated alkanes) is 12. The third-order valence-corrected chi connectivity index (χ3v) is 14.5. The van der Waals surface area contributed by atoms with E-state index in [1.807, 2.05) is 0 Å². The van der Waals surface area contributed by atoms with Crippen LogP contribution in [0.25, 0.3) is 0 Å². The van der Waals surface area contributed by atoms with Gasteiger partial charge in [-0.2, -0.15) is 0 Å². The highest BCUT2D eigenvalue weighted by Crippen LogP contribution is 2.60. The Hall–Kier alpha value is -0.356. The highest BCUT2D eigenvalue weighted by atomic mass is 28.3. The molecule has 0 N–H and O–H groups in total. The largest absolute Gasteiger partial charge is 0.430 e. The summed E-state index contributed by atoms with van der Waals surface area (Å²) in [6, 6.07) is 0. The molecular weight excluding hydrogens is 497 g/mol. The fraction of sp³-hybridized carbons (Fsp3) is 0.912. The van der Waals surface area contributed by atoms with E-state index in [0.717, 1.165) is 24.7 Å². The molecule has 4 heteroatoms. The van der Waals surface area contributed by atoms with E-state index < -0.39 is 16.1 Å². The lowest BCUT2D eigenvalue weighted by Gasteiger charge is -2.51. The number of cyclic esters (lactones) is 1. The molecule has 1 heterocycles. The van der Waals surface area contributed by atoms with Crippen molar-refractivity contribution in [2.75, 3.05) is 0 Å². The fourth-order valence-corrected chi connectivity index (χ4v) is 10.7. The quantitative estimate of drug-likeness (QED) is 0.0742. The van der Waals surface area contributed by atoms with Crippen molar-refractivity contribution in [1.82, 2.24) is 0 Å². The molecule has 1 aliphatic heterocycles. The van der Waals surface area contributed by atoms with Crippen LogP contribution < -0.4 is 0 Å². The topological polar surface area (TPSA) is 26.3 Å². The van der Waals surface area contributed by atoms with E-state index in [1.165, 1.54) is 108 Å². The Morgan fingerprint density at radius 2 is 1.03 bits per heavy atom. The molecule has 38 heavy (non-hydrogen) atoms. The Kier molecular flexibility index (Phi) is 16.4. The van der Waals surface area contributed by atoms with Crippen LogP contribution in [0, 0.1) is 11.8 Å². The molecule has 0 amide bonds. The van der Waals surface area contributed by atoms with Gasteiger partial charge >= 0.3 is 5.97 Å². The molecule has 1 fully saturated rings. The Balaban J connectivity index is 2.68. The maximum atomic E-state index is 13.3. The van der Waals surface area contributed by atoms with Gasteiger partial charge in [-0.1, -0.05) is 163 Å². The molecular formula is C34H68O2Si2. The minimum atomic E-state index is -1.78. The molecule has 0 aromatic carbocycles. The van der Waals surface area contributed by atoms with Crippen molar-refractivity contribution in [2.24, 2.45) is 11.8 Å². The first-order valence-electron chi connectivity index (χ1n) is 16.7. The van der Waals surface area contributed by atoms with Crippen LogP contribution in [0.15, 0.2) is 11.0 Å². The van der Waals surface area contributed by atoms with E-state index in [2.05, 4.69) is 67.0 Å². The van der Waals surface area contributed by atoms with Gasteiger partial charge in [-0.3, -0.25) is 4.79 Å². The highest BCUT2D eigenvalue weighted by Gasteiger charge is 2.63. The summed E-state index contributed by atoms with van der Waals surface area (Å²) in [5.41, 5.74) is 0. The van der Waals surface area contributed by atoms with Gasteiger partial charge in [-0.25, -0.2) is 0 Å². The van der Waals surface area contributed by atoms with Crippen molar-refractivity contribution in [3.8, 4) is 0 Å². The molecule has 0 saturated carbocycles. The van der Waals surface area contributed by atoms with Gasteiger partial charge in [-0.05, 0) is 36.3 Å². The van der Waals surface area contributed by atoms with Gasteiger partial charge in [0.1, 0.15) is 10.8 Å². The van der Waals surface area contributed by atoms with Crippen molar-refractivity contribution in [3.63, 3.8) is 0 Å². The van der Waals surface area contributed by atoms with Gasteiger partial charge in [0.2, 0.25) is 0 Å². The van der Waals surface area contributed by atoms with E-state index in [-0.39, 0.29) is 11.0 Å². The predicted octanol–water partition coefficient (Wildman–Crippen LogP) is 12.1. The molecule has 0 aromatic heterocycles. The number of hydrogen-bond donors (Lipinski definition) is 0. The molecule has 1 aliphatic rings. The van der Waals surface area contributed by atoms with Gasteiger partial charge in [0.05, 0.1) is 16.1 Å². The van der Waals surface area contributed by atoms with Gasteiger partial charge in [0.25, 0.3) is 0 Å². The van der Waals surface area contributed by atoms with Gasteiger partial charge < -0.3 is 4.74 Å². The van der Waals surface area contributed by atoms with Crippen LogP contribution in [0.4, 0.5) is 0 Å². The molecule has 0 aromatic rings. The summed E-state index contributed by atoms with van der Waals surface area (Å²) in [5.74, 6) is 2.96. The minimum absolute atomic E-state index is 0.109. The SMILES string of the molecule is CC(C)CCCCCCCCC/C(=C1\OC(=O)C1(CCCCCCCCCC(C)C)[Si](C)(C)C)[Si](C)(C)C. The molecule has 1 unspecified atom stereocenters. The molecule has 0 spiro atoms. The third kappa shape index (κ3) is 12.0. The summed E-state index contributed by atoms with van der Waals surface area (Å²) < 4.78 is 6.06. The molecule has 0 radical (unpaired) electrons. The zero-order valence-corrected chi connectivity index (χ0v) is 29.7. The zero-order chi connectivity index (χ0) is 28.8. The normalized spacial score (nSPS) is 19.7. The maximum Gasteiger partial charge on any atom is 0.321 e. The average molecular weight is 565 g/mol. The van der Waals surface area contributed by atoms with Crippen LogP contribution in [0.1, 0.15) is 143 Å². The summed E-state index contributed by atoms with van der Waals surface area (Å²) in [6.45, 7) is 23.9. The fourth-order valence-electron chi connectivity index (χ4n) is 6.26. The van der Waals surface area contributed by atoms with Crippen LogP contribution in [-0.2, 0) is 9.53 Å².